The number of carbonyl (C=O) groups is 4. The monoisotopic (exact) mass is 563 g/mol. The molecule has 2 atom stereocenters. The lowest BCUT2D eigenvalue weighted by molar-refractivity contribution is -0.142. The number of Topliss-reactive ketones (excluding diaryl/α,β-unsaturated/α-hetero) is 1. The Morgan fingerprint density at radius 3 is 2.40 bits per heavy atom. The van der Waals surface area contributed by atoms with E-state index in [1.165, 1.54) is 4.90 Å². The average Bonchev–Trinajstić information content (AvgIpc) is 3.02. The summed E-state index contributed by atoms with van der Waals surface area (Å²) in [5, 5.41) is 6.55. The Morgan fingerprint density at radius 2 is 1.62 bits per heavy atom. The summed E-state index contributed by atoms with van der Waals surface area (Å²) in [7, 11) is 0. The number of aromatic nitrogens is 1. The van der Waals surface area contributed by atoms with Crippen LogP contribution in [0.3, 0.4) is 0 Å². The van der Waals surface area contributed by atoms with Crippen molar-refractivity contribution in [2.75, 3.05) is 11.9 Å². The molecule has 9 nitrogen and oxygen atoms in total. The molecule has 4 N–H and O–H groups in total. The largest absolute Gasteiger partial charge is 0.342 e. The highest BCUT2D eigenvalue weighted by Crippen LogP contribution is 2.25. The van der Waals surface area contributed by atoms with E-state index in [1.54, 1.807) is 30.5 Å². The molecular weight excluding hydrogens is 530 g/mol. The van der Waals surface area contributed by atoms with E-state index >= 15 is 0 Å². The minimum atomic E-state index is -0.914. The van der Waals surface area contributed by atoms with Gasteiger partial charge in [0.15, 0.2) is 5.78 Å². The first-order valence-electron chi connectivity index (χ1n) is 14.0. The highest BCUT2D eigenvalue weighted by molar-refractivity contribution is 6.00. The molecule has 214 valence electrons. The third kappa shape index (κ3) is 6.70. The number of pyridine rings is 1. The predicted octanol–water partition coefficient (Wildman–Crippen LogP) is 3.62. The molecule has 0 radical (unpaired) electrons. The van der Waals surface area contributed by atoms with Crippen LogP contribution in [0.15, 0.2) is 91.1 Å². The molecule has 4 aromatic rings. The van der Waals surface area contributed by atoms with Gasteiger partial charge in [0, 0.05) is 36.8 Å². The quantitative estimate of drug-likeness (QED) is 0.252. The standard InChI is InChI=1S/C33H33N5O4/c34-17-16-28(32(41)36-26-18-24-11-6-7-13-27(24)35-20-26)37-33(42)29-19-23-10-4-5-12-25(23)21-38(29)31(40)15-14-30(39)22-8-2-1-3-9-22/h1-13,18,20,28-29H,14-17,19,21,34H2,(H,36,41)(H,37,42)/t28-,29-/m0/s1. The van der Waals surface area contributed by atoms with Crippen LogP contribution in [0.4, 0.5) is 5.69 Å². The molecule has 0 aliphatic carbocycles. The van der Waals surface area contributed by atoms with E-state index in [0.717, 1.165) is 22.0 Å². The maximum Gasteiger partial charge on any atom is 0.247 e. The first kappa shape index (κ1) is 28.6. The third-order valence-electron chi connectivity index (χ3n) is 7.48. The molecule has 0 fully saturated rings. The summed E-state index contributed by atoms with van der Waals surface area (Å²) in [5.41, 5.74) is 9.56. The number of nitrogens with zero attached hydrogens (tertiary/aromatic N) is 2. The Labute approximate surface area is 244 Å². The van der Waals surface area contributed by atoms with Gasteiger partial charge in [-0.3, -0.25) is 24.2 Å². The second kappa shape index (κ2) is 13.2. The molecule has 42 heavy (non-hydrogen) atoms. The van der Waals surface area contributed by atoms with E-state index in [2.05, 4.69) is 15.6 Å². The Bertz CT molecular complexity index is 1610. The van der Waals surface area contributed by atoms with Gasteiger partial charge >= 0.3 is 0 Å². The maximum atomic E-state index is 13.7. The molecule has 1 aromatic heterocycles. The Morgan fingerprint density at radius 1 is 0.905 bits per heavy atom. The van der Waals surface area contributed by atoms with Crippen LogP contribution in [0, 0.1) is 0 Å². The van der Waals surface area contributed by atoms with E-state index in [-0.39, 0.29) is 44.0 Å². The zero-order chi connectivity index (χ0) is 29.5. The van der Waals surface area contributed by atoms with Crippen molar-refractivity contribution < 1.29 is 19.2 Å². The van der Waals surface area contributed by atoms with Gasteiger partial charge in [-0.15, -0.1) is 0 Å². The number of ketones is 1. The van der Waals surface area contributed by atoms with Crippen LogP contribution in [0.25, 0.3) is 10.9 Å². The molecule has 9 heteroatoms. The van der Waals surface area contributed by atoms with Crippen molar-refractivity contribution in [3.05, 3.63) is 108 Å². The molecule has 5 rings (SSSR count). The number of rotatable bonds is 10. The van der Waals surface area contributed by atoms with Crippen LogP contribution >= 0.6 is 0 Å². The maximum absolute atomic E-state index is 13.7. The Balaban J connectivity index is 1.30. The lowest BCUT2D eigenvalue weighted by Crippen LogP contribution is -2.56. The van der Waals surface area contributed by atoms with E-state index in [9.17, 15) is 19.2 Å². The minimum absolute atomic E-state index is 0.0264. The van der Waals surface area contributed by atoms with Crippen molar-refractivity contribution >= 4 is 40.1 Å². The van der Waals surface area contributed by atoms with E-state index < -0.39 is 23.9 Å². The van der Waals surface area contributed by atoms with Crippen molar-refractivity contribution in [3.63, 3.8) is 0 Å². The SMILES string of the molecule is NCC[C@H](NC(=O)[C@@H]1Cc2ccccc2CN1C(=O)CCC(=O)c1ccccc1)C(=O)Nc1cnc2ccccc2c1. The van der Waals surface area contributed by atoms with Crippen LogP contribution in [0.5, 0.6) is 0 Å². The van der Waals surface area contributed by atoms with Gasteiger partial charge in [-0.1, -0.05) is 72.8 Å². The van der Waals surface area contributed by atoms with Gasteiger partial charge in [0.1, 0.15) is 12.1 Å². The van der Waals surface area contributed by atoms with Crippen LogP contribution in [-0.4, -0.2) is 52.0 Å². The number of para-hydroxylation sites is 1. The number of nitrogens with one attached hydrogen (secondary N) is 2. The summed E-state index contributed by atoms with van der Waals surface area (Å²) in [6.07, 6.45) is 2.08. The second-order valence-electron chi connectivity index (χ2n) is 10.3. The van der Waals surface area contributed by atoms with Gasteiger partial charge in [-0.2, -0.15) is 0 Å². The number of hydrogen-bond donors (Lipinski definition) is 3. The fraction of sp³-hybridized carbons (Fsp3) is 0.242. The summed E-state index contributed by atoms with van der Waals surface area (Å²) in [4.78, 5) is 58.9. The van der Waals surface area contributed by atoms with Crippen molar-refractivity contribution in [2.45, 2.75) is 44.3 Å². The number of carbonyl (C=O) groups excluding carboxylic acids is 4. The van der Waals surface area contributed by atoms with Crippen molar-refractivity contribution in [1.82, 2.24) is 15.2 Å². The molecule has 3 amide bonds. The molecule has 1 aliphatic heterocycles. The third-order valence-corrected chi connectivity index (χ3v) is 7.48. The number of hydrogen-bond acceptors (Lipinski definition) is 6. The normalized spacial score (nSPS) is 15.0. The number of nitrogens with two attached hydrogens (primary N) is 1. The van der Waals surface area contributed by atoms with Gasteiger partial charge in [0.25, 0.3) is 0 Å². The summed E-state index contributed by atoms with van der Waals surface area (Å²) in [5.74, 6) is -1.30. The highest BCUT2D eigenvalue weighted by Gasteiger charge is 2.36. The fourth-order valence-electron chi connectivity index (χ4n) is 5.22. The topological polar surface area (TPSA) is 134 Å². The zero-order valence-electron chi connectivity index (χ0n) is 23.2. The molecule has 0 saturated carbocycles. The van der Waals surface area contributed by atoms with Crippen LogP contribution in [0.2, 0.25) is 0 Å². The van der Waals surface area contributed by atoms with Gasteiger partial charge in [-0.25, -0.2) is 0 Å². The average molecular weight is 564 g/mol. The summed E-state index contributed by atoms with van der Waals surface area (Å²) in [6, 6.07) is 24.1. The summed E-state index contributed by atoms with van der Waals surface area (Å²) in [6.45, 7) is 0.412. The number of fused-ring (bicyclic) bond motifs is 2. The number of benzene rings is 3. The minimum Gasteiger partial charge on any atom is -0.342 e. The smallest absolute Gasteiger partial charge is 0.247 e. The molecule has 0 bridgehead atoms. The predicted molar refractivity (Wildman–Crippen MR) is 160 cm³/mol. The highest BCUT2D eigenvalue weighted by atomic mass is 16.2. The molecular formula is C33H33N5O4. The van der Waals surface area contributed by atoms with E-state index in [0.29, 0.717) is 17.7 Å². The lowest BCUT2D eigenvalue weighted by atomic mass is 9.92. The molecule has 1 aliphatic rings. The molecule has 3 aromatic carbocycles. The summed E-state index contributed by atoms with van der Waals surface area (Å²) >= 11 is 0. The van der Waals surface area contributed by atoms with Gasteiger partial charge in [0.2, 0.25) is 17.7 Å². The van der Waals surface area contributed by atoms with Gasteiger partial charge in [0.05, 0.1) is 17.4 Å². The number of amides is 3. The van der Waals surface area contributed by atoms with Crippen molar-refractivity contribution in [1.29, 1.82) is 0 Å². The van der Waals surface area contributed by atoms with Crippen molar-refractivity contribution in [3.8, 4) is 0 Å². The summed E-state index contributed by atoms with van der Waals surface area (Å²) < 4.78 is 0. The van der Waals surface area contributed by atoms with Crippen molar-refractivity contribution in [2.24, 2.45) is 5.73 Å². The Kier molecular flexibility index (Phi) is 8.99. The van der Waals surface area contributed by atoms with Gasteiger partial charge in [-0.05, 0) is 36.2 Å². The second-order valence-corrected chi connectivity index (χ2v) is 10.3. The first-order chi connectivity index (χ1) is 20.4. The first-order valence-corrected chi connectivity index (χ1v) is 14.0. The van der Waals surface area contributed by atoms with Crippen LogP contribution in [-0.2, 0) is 27.3 Å². The molecule has 2 heterocycles. The number of anilines is 1. The van der Waals surface area contributed by atoms with E-state index in [1.807, 2.05) is 60.7 Å². The lowest BCUT2D eigenvalue weighted by Gasteiger charge is -2.36. The molecule has 0 spiro atoms. The van der Waals surface area contributed by atoms with E-state index in [4.69, 9.17) is 5.73 Å². The van der Waals surface area contributed by atoms with Gasteiger partial charge < -0.3 is 21.3 Å². The molecule has 0 saturated heterocycles. The van der Waals surface area contributed by atoms with Crippen LogP contribution < -0.4 is 16.4 Å². The zero-order valence-corrected chi connectivity index (χ0v) is 23.2. The van der Waals surface area contributed by atoms with Crippen LogP contribution in [0.1, 0.15) is 40.7 Å². The fourth-order valence-corrected chi connectivity index (χ4v) is 5.22. The Hall–Kier alpha value is -4.89. The molecule has 0 unspecified atom stereocenters.